The van der Waals surface area contributed by atoms with Crippen molar-refractivity contribution in [3.8, 4) is 67.4 Å². The Bertz CT molecular complexity index is 3470. The Morgan fingerprint density at radius 1 is 0.373 bits per heavy atom. The van der Waals surface area contributed by atoms with Crippen molar-refractivity contribution in [1.82, 2.24) is 4.57 Å². The van der Waals surface area contributed by atoms with Gasteiger partial charge in [0.2, 0.25) is 0 Å². The average molecular weight is 754 g/mol. The van der Waals surface area contributed by atoms with Crippen molar-refractivity contribution in [2.24, 2.45) is 0 Å². The van der Waals surface area contributed by atoms with Crippen LogP contribution >= 0.6 is 0 Å². The minimum Gasteiger partial charge on any atom is -0.551 e. The van der Waals surface area contributed by atoms with Crippen LogP contribution in [-0.4, -0.2) is 11.5 Å². The van der Waals surface area contributed by atoms with Gasteiger partial charge in [0.05, 0.1) is 11.0 Å². The van der Waals surface area contributed by atoms with E-state index in [1.54, 1.807) is 0 Å². The number of fused-ring (bicyclic) bond motifs is 10. The summed E-state index contributed by atoms with van der Waals surface area (Å²) in [6, 6.07) is 68.9. The van der Waals surface area contributed by atoms with E-state index in [-0.39, 0.29) is 6.92 Å². The number of hydrogen-bond donors (Lipinski definition) is 0. The Hall–Kier alpha value is -7.76. The third-order valence-electron chi connectivity index (χ3n) is 12.3. The topological polar surface area (TPSA) is 36.5 Å². The second kappa shape index (κ2) is 12.4. The van der Waals surface area contributed by atoms with Crippen molar-refractivity contribution in [3.63, 3.8) is 0 Å². The molecule has 4 heterocycles. The van der Waals surface area contributed by atoms with Crippen molar-refractivity contribution in [3.05, 3.63) is 194 Å². The summed E-state index contributed by atoms with van der Waals surface area (Å²) in [5.74, 6) is 2.50. The predicted octanol–water partition coefficient (Wildman–Crippen LogP) is 13.0. The quantitative estimate of drug-likeness (QED) is 0.168. The van der Waals surface area contributed by atoms with E-state index in [9.17, 15) is 0 Å². The fourth-order valence-corrected chi connectivity index (χ4v) is 9.49. The Balaban J connectivity index is 0.887. The van der Waals surface area contributed by atoms with Crippen LogP contribution in [0.15, 0.2) is 199 Å². The molecule has 9 aromatic carbocycles. The van der Waals surface area contributed by atoms with Crippen LogP contribution in [0.4, 0.5) is 0 Å². The monoisotopic (exact) mass is 753 g/mol. The Labute approximate surface area is 340 Å². The molecule has 0 aliphatic carbocycles. The minimum atomic E-state index is -0.290. The van der Waals surface area contributed by atoms with Gasteiger partial charge < -0.3 is 18.4 Å². The van der Waals surface area contributed by atoms with Crippen LogP contribution in [0.5, 0.6) is 17.2 Å². The number of hydrogen-bond acceptors (Lipinski definition) is 3. The van der Waals surface area contributed by atoms with Crippen LogP contribution in [0, 0.1) is 0 Å². The highest BCUT2D eigenvalue weighted by Gasteiger charge is 2.41. The summed E-state index contributed by atoms with van der Waals surface area (Å²) in [5, 5.41) is 4.77. The van der Waals surface area contributed by atoms with Gasteiger partial charge >= 0.3 is 6.92 Å². The van der Waals surface area contributed by atoms with Gasteiger partial charge in [-0.2, -0.15) is 0 Å². The first-order valence-electron chi connectivity index (χ1n) is 20.1. The lowest BCUT2D eigenvalue weighted by atomic mass is 9.50. The molecule has 0 saturated heterocycles. The number of para-hydroxylation sites is 4. The van der Waals surface area contributed by atoms with Crippen molar-refractivity contribution < 1.29 is 13.8 Å². The third kappa shape index (κ3) is 4.92. The van der Waals surface area contributed by atoms with Gasteiger partial charge in [0.1, 0.15) is 28.4 Å². The first-order valence-corrected chi connectivity index (χ1v) is 20.1. The number of aromatic nitrogens is 1. The van der Waals surface area contributed by atoms with E-state index in [0.717, 1.165) is 100 Å². The molecular weight excluding hydrogens is 721 g/mol. The highest BCUT2D eigenvalue weighted by atomic mass is 16.5. The molecule has 4 nitrogen and oxygen atoms in total. The molecule has 0 amide bonds. The molecule has 0 N–H and O–H groups in total. The molecule has 0 bridgehead atoms. The molecular formula is C54H32BNO3. The maximum absolute atomic E-state index is 6.94. The molecule has 0 spiro atoms. The van der Waals surface area contributed by atoms with Gasteiger partial charge in [-0.1, -0.05) is 121 Å². The summed E-state index contributed by atoms with van der Waals surface area (Å²) in [4.78, 5) is 0. The molecule has 13 rings (SSSR count). The molecule has 5 heteroatoms. The number of nitrogens with zero attached hydrogens (tertiary/aromatic N) is 1. The highest BCUT2D eigenvalue weighted by Crippen LogP contribution is 2.43. The zero-order chi connectivity index (χ0) is 38.6. The summed E-state index contributed by atoms with van der Waals surface area (Å²) >= 11 is 0. The lowest BCUT2D eigenvalue weighted by Crippen LogP contribution is -2.53. The van der Waals surface area contributed by atoms with Gasteiger partial charge in [-0.25, -0.2) is 0 Å². The van der Waals surface area contributed by atoms with E-state index in [4.69, 9.17) is 13.8 Å². The fourth-order valence-electron chi connectivity index (χ4n) is 9.49. The van der Waals surface area contributed by atoms with Crippen LogP contribution in [-0.2, 0) is 0 Å². The van der Waals surface area contributed by atoms with Crippen LogP contribution in [0.25, 0.3) is 93.9 Å². The van der Waals surface area contributed by atoms with Crippen molar-refractivity contribution in [2.75, 3.05) is 0 Å². The largest absolute Gasteiger partial charge is 0.551 e. The van der Waals surface area contributed by atoms with Gasteiger partial charge in [-0.15, -0.1) is 0 Å². The van der Waals surface area contributed by atoms with E-state index in [1.165, 1.54) is 21.8 Å². The predicted molar refractivity (Wildman–Crippen MR) is 242 cm³/mol. The Morgan fingerprint density at radius 3 is 1.83 bits per heavy atom. The number of rotatable bonds is 4. The minimum absolute atomic E-state index is 0.290. The summed E-state index contributed by atoms with van der Waals surface area (Å²) < 4.78 is 22.4. The standard InChI is InChI=1S/C54H32BNO3/c1-5-16-47-40(12-1)41-13-2-6-17-48(41)56(47)39-24-20-33(21-25-39)36-23-27-46-52(31-36)58-53-32-38(29-45-43-15-4-8-19-50(43)59-55(46)54(45)53)35-11-9-10-34(28-35)37-22-26-44-42-14-3-7-18-49(42)57-51(44)30-37/h1-32H. The van der Waals surface area contributed by atoms with Crippen LogP contribution in [0.3, 0.4) is 0 Å². The first kappa shape index (κ1) is 32.3. The zero-order valence-electron chi connectivity index (χ0n) is 31.7. The van der Waals surface area contributed by atoms with Crippen molar-refractivity contribution in [2.45, 2.75) is 0 Å². The number of benzene rings is 9. The lowest BCUT2D eigenvalue weighted by molar-refractivity contribution is 0.480. The molecule has 11 aromatic rings. The van der Waals surface area contributed by atoms with Gasteiger partial charge in [0.25, 0.3) is 0 Å². The summed E-state index contributed by atoms with van der Waals surface area (Å²) in [6.45, 7) is -0.290. The number of furan rings is 1. The van der Waals surface area contributed by atoms with Crippen molar-refractivity contribution >= 4 is 61.6 Å². The SMILES string of the molecule is c1cc(-c2cc3c4c(c2)-c2ccccc2OB4c2ccc(-c4ccc(-n5c6ccccc6c6ccccc65)cc4)cc2O3)cc(-c2ccc3c(c2)oc2ccccc23)c1. The summed E-state index contributed by atoms with van der Waals surface area (Å²) in [7, 11) is 0. The maximum atomic E-state index is 6.94. The Kier molecular flexibility index (Phi) is 6.78. The lowest BCUT2D eigenvalue weighted by Gasteiger charge is -2.33. The van der Waals surface area contributed by atoms with E-state index in [2.05, 4.69) is 180 Å². The van der Waals surface area contributed by atoms with Crippen LogP contribution in [0.1, 0.15) is 0 Å². The average Bonchev–Trinajstić information content (AvgIpc) is 3.84. The molecule has 2 aromatic heterocycles. The zero-order valence-corrected chi connectivity index (χ0v) is 31.7. The normalized spacial score (nSPS) is 12.6. The summed E-state index contributed by atoms with van der Waals surface area (Å²) in [5.41, 5.74) is 16.2. The fraction of sp³-hybridized carbons (Fsp3) is 0. The maximum Gasteiger partial charge on any atom is 0.434 e. The number of ether oxygens (including phenoxy) is 1. The highest BCUT2D eigenvalue weighted by molar-refractivity contribution is 6.84. The molecule has 0 unspecified atom stereocenters. The molecule has 0 radical (unpaired) electrons. The molecule has 2 aliphatic rings. The Morgan fingerprint density at radius 2 is 1.00 bits per heavy atom. The third-order valence-corrected chi connectivity index (χ3v) is 12.3. The molecule has 2 aliphatic heterocycles. The molecule has 0 saturated carbocycles. The van der Waals surface area contributed by atoms with Crippen LogP contribution in [0.2, 0.25) is 0 Å². The van der Waals surface area contributed by atoms with E-state index >= 15 is 0 Å². The van der Waals surface area contributed by atoms with Gasteiger partial charge in [-0.3, -0.25) is 0 Å². The summed E-state index contributed by atoms with van der Waals surface area (Å²) in [6.07, 6.45) is 0. The molecule has 274 valence electrons. The smallest absolute Gasteiger partial charge is 0.434 e. The molecule has 0 fully saturated rings. The van der Waals surface area contributed by atoms with E-state index < -0.39 is 0 Å². The van der Waals surface area contributed by atoms with E-state index in [1.807, 2.05) is 18.2 Å². The molecule has 0 atom stereocenters. The van der Waals surface area contributed by atoms with Crippen LogP contribution < -0.4 is 20.3 Å². The van der Waals surface area contributed by atoms with Gasteiger partial charge in [-0.05, 0) is 112 Å². The van der Waals surface area contributed by atoms with Gasteiger partial charge in [0, 0.05) is 43.7 Å². The van der Waals surface area contributed by atoms with Gasteiger partial charge in [0.15, 0.2) is 0 Å². The second-order valence-corrected chi connectivity index (χ2v) is 15.6. The van der Waals surface area contributed by atoms with Crippen molar-refractivity contribution in [1.29, 1.82) is 0 Å². The second-order valence-electron chi connectivity index (χ2n) is 15.6. The first-order chi connectivity index (χ1) is 29.2. The molecule has 59 heavy (non-hydrogen) atoms. The van der Waals surface area contributed by atoms with E-state index in [0.29, 0.717) is 0 Å².